The number of carbonyl (C=O) groups excluding carboxylic acids is 4. The molecule has 1 fully saturated rings. The first kappa shape index (κ1) is 33.3. The summed E-state index contributed by atoms with van der Waals surface area (Å²) in [5, 5.41) is 10.6. The van der Waals surface area contributed by atoms with Crippen LogP contribution in [0.4, 0.5) is 4.79 Å². The summed E-state index contributed by atoms with van der Waals surface area (Å²) in [6, 6.07) is 14.0. The van der Waals surface area contributed by atoms with E-state index < -0.39 is 70.9 Å². The summed E-state index contributed by atoms with van der Waals surface area (Å²) in [5.74, 6) is -3.48. The van der Waals surface area contributed by atoms with Gasteiger partial charge in [-0.2, -0.15) is 0 Å². The average Bonchev–Trinajstić information content (AvgIpc) is 3.26. The number of benzene rings is 2. The van der Waals surface area contributed by atoms with E-state index in [1.54, 1.807) is 0 Å². The normalized spacial score (nSPS) is 22.5. The molecule has 15 heteroatoms. The van der Waals surface area contributed by atoms with Crippen molar-refractivity contribution in [1.82, 2.24) is 5.32 Å². The first-order valence-electron chi connectivity index (χ1n) is 13.3. The quantitative estimate of drug-likeness (QED) is 0.135. The van der Waals surface area contributed by atoms with Gasteiger partial charge in [0.25, 0.3) is 3.79 Å². The molecule has 12 nitrogen and oxygen atoms in total. The largest absolute Gasteiger partial charge is 0.463 e. The van der Waals surface area contributed by atoms with E-state index in [1.165, 1.54) is 0 Å². The molecule has 2 N–H and O–H groups in total. The lowest BCUT2D eigenvalue weighted by Crippen LogP contribution is -2.67. The van der Waals surface area contributed by atoms with E-state index in [4.69, 9.17) is 68.6 Å². The molecule has 1 saturated heterocycles. The predicted molar refractivity (Wildman–Crippen MR) is 157 cm³/mol. The van der Waals surface area contributed by atoms with Gasteiger partial charge in [-0.3, -0.25) is 19.8 Å². The van der Waals surface area contributed by atoms with Crippen molar-refractivity contribution >= 4 is 64.7 Å². The summed E-state index contributed by atoms with van der Waals surface area (Å²) in [6.07, 6.45) is -6.83. The van der Waals surface area contributed by atoms with E-state index in [1.807, 2.05) is 48.5 Å². The highest BCUT2D eigenvalue weighted by Crippen LogP contribution is 2.44. The molecule has 1 aliphatic heterocycles. The van der Waals surface area contributed by atoms with Crippen LogP contribution >= 0.6 is 34.8 Å². The number of ether oxygens (including phenoxy) is 6. The molecule has 44 heavy (non-hydrogen) atoms. The minimum atomic E-state index is -2.34. The zero-order valence-corrected chi connectivity index (χ0v) is 26.0. The minimum absolute atomic E-state index is 0.0659. The maximum atomic E-state index is 13.3. The number of rotatable bonds is 8. The van der Waals surface area contributed by atoms with Gasteiger partial charge in [0, 0.05) is 26.7 Å². The summed E-state index contributed by atoms with van der Waals surface area (Å²) >= 11 is 17.4. The Bertz CT molecular complexity index is 1390. The number of fused-ring (bicyclic) bond motifs is 3. The number of carbonyl (C=O) groups is 4. The highest BCUT2D eigenvalue weighted by Gasteiger charge is 2.53. The summed E-state index contributed by atoms with van der Waals surface area (Å²) in [5.41, 5.74) is 3.99. The van der Waals surface area contributed by atoms with Gasteiger partial charge < -0.3 is 33.7 Å². The topological polar surface area (TPSA) is 160 Å². The number of amides is 1. The van der Waals surface area contributed by atoms with Crippen molar-refractivity contribution in [2.75, 3.05) is 13.2 Å². The Morgan fingerprint density at radius 2 is 1.34 bits per heavy atom. The van der Waals surface area contributed by atoms with Crippen molar-refractivity contribution in [3.05, 3.63) is 59.7 Å². The molecule has 2 aromatic rings. The smallest absolute Gasteiger partial charge is 0.407 e. The molecule has 5 atom stereocenters. The van der Waals surface area contributed by atoms with Crippen LogP contribution in [0.5, 0.6) is 0 Å². The van der Waals surface area contributed by atoms with Crippen molar-refractivity contribution < 1.29 is 47.6 Å². The number of alkyl halides is 3. The van der Waals surface area contributed by atoms with Crippen molar-refractivity contribution in [2.45, 2.75) is 61.1 Å². The Labute approximate surface area is 267 Å². The van der Waals surface area contributed by atoms with Gasteiger partial charge in [0.2, 0.25) is 12.2 Å². The first-order valence-corrected chi connectivity index (χ1v) is 14.5. The van der Waals surface area contributed by atoms with Crippen LogP contribution in [-0.2, 0) is 42.8 Å². The number of esters is 3. The van der Waals surface area contributed by atoms with Gasteiger partial charge in [-0.1, -0.05) is 83.3 Å². The second kappa shape index (κ2) is 14.0. The Hall–Kier alpha value is -3.58. The zero-order chi connectivity index (χ0) is 32.2. The molecule has 1 heterocycles. The van der Waals surface area contributed by atoms with Crippen molar-refractivity contribution in [3.63, 3.8) is 0 Å². The van der Waals surface area contributed by atoms with Gasteiger partial charge in [0.1, 0.15) is 25.4 Å². The van der Waals surface area contributed by atoms with E-state index in [9.17, 15) is 19.2 Å². The third-order valence-corrected chi connectivity index (χ3v) is 7.34. The van der Waals surface area contributed by atoms with Crippen molar-refractivity contribution in [3.8, 4) is 11.1 Å². The van der Waals surface area contributed by atoms with E-state index in [0.29, 0.717) is 0 Å². The number of hydrogen-bond acceptors (Lipinski definition) is 11. The molecule has 1 amide bonds. The molecule has 0 radical (unpaired) electrons. The molecule has 0 aromatic heterocycles. The molecule has 0 unspecified atom stereocenters. The van der Waals surface area contributed by atoms with Crippen LogP contribution in [0.2, 0.25) is 0 Å². The highest BCUT2D eigenvalue weighted by atomic mass is 35.6. The van der Waals surface area contributed by atoms with Crippen LogP contribution in [0.1, 0.15) is 37.8 Å². The number of hydrogen-bond donors (Lipinski definition) is 2. The summed E-state index contributed by atoms with van der Waals surface area (Å²) in [4.78, 5) is 49.1. The highest BCUT2D eigenvalue weighted by molar-refractivity contribution is 6.76. The van der Waals surface area contributed by atoms with E-state index in [2.05, 4.69) is 5.32 Å². The molecular weight excluding hydrogens is 643 g/mol. The average molecular weight is 672 g/mol. The first-order chi connectivity index (χ1) is 20.8. The van der Waals surface area contributed by atoms with Crippen LogP contribution < -0.4 is 5.32 Å². The van der Waals surface area contributed by atoms with E-state index >= 15 is 0 Å². The molecular formula is C29H29Cl3N2O10. The number of alkyl carbamates (subject to hydrolysis) is 1. The third kappa shape index (κ3) is 7.92. The van der Waals surface area contributed by atoms with Crippen LogP contribution in [-0.4, -0.2) is 77.5 Å². The Morgan fingerprint density at radius 3 is 1.86 bits per heavy atom. The molecule has 4 rings (SSSR count). The molecule has 2 aliphatic rings. The van der Waals surface area contributed by atoms with E-state index in [0.717, 1.165) is 43.0 Å². The lowest BCUT2D eigenvalue weighted by molar-refractivity contribution is -0.260. The fourth-order valence-corrected chi connectivity index (χ4v) is 5.25. The fraction of sp³-hybridized carbons (Fsp3) is 0.414. The van der Waals surface area contributed by atoms with Crippen LogP contribution in [0.25, 0.3) is 11.1 Å². The Balaban J connectivity index is 1.61. The van der Waals surface area contributed by atoms with Gasteiger partial charge in [-0.25, -0.2) is 4.79 Å². The number of halogens is 3. The maximum Gasteiger partial charge on any atom is 0.407 e. The molecule has 0 bridgehead atoms. The molecule has 236 valence electrons. The van der Waals surface area contributed by atoms with Gasteiger partial charge in [-0.15, -0.1) is 0 Å². The van der Waals surface area contributed by atoms with E-state index in [-0.39, 0.29) is 12.5 Å². The lowest BCUT2D eigenvalue weighted by Gasteiger charge is -2.44. The predicted octanol–water partition coefficient (Wildman–Crippen LogP) is 4.41. The Morgan fingerprint density at radius 1 is 0.795 bits per heavy atom. The summed E-state index contributed by atoms with van der Waals surface area (Å²) in [7, 11) is 0. The second-order valence-electron chi connectivity index (χ2n) is 9.93. The molecule has 2 aromatic carbocycles. The molecule has 1 aliphatic carbocycles. The maximum absolute atomic E-state index is 13.3. The fourth-order valence-electron chi connectivity index (χ4n) is 5.12. The monoisotopic (exact) mass is 670 g/mol. The van der Waals surface area contributed by atoms with Crippen LogP contribution in [0, 0.1) is 5.41 Å². The second-order valence-corrected chi connectivity index (χ2v) is 12.2. The SMILES string of the molecule is CC(=O)OC[C@H]1O[C@H](OC(=N)C(Cl)(Cl)Cl)[C@H](NC(=O)OCC2c3ccccc3-c3ccccc32)[C@@H](OC(C)=O)[C@@H]1OC(C)=O. The van der Waals surface area contributed by atoms with Gasteiger partial charge in [-0.05, 0) is 22.3 Å². The molecule has 0 spiro atoms. The van der Waals surface area contributed by atoms with Crippen LogP contribution in [0.15, 0.2) is 48.5 Å². The summed E-state index contributed by atoms with van der Waals surface area (Å²) < 4.78 is 30.5. The molecule has 0 saturated carbocycles. The Kier molecular flexibility index (Phi) is 10.6. The van der Waals surface area contributed by atoms with Gasteiger partial charge >= 0.3 is 24.0 Å². The number of nitrogens with one attached hydrogen (secondary N) is 2. The van der Waals surface area contributed by atoms with Gasteiger partial charge in [0.05, 0.1) is 0 Å². The van der Waals surface area contributed by atoms with Crippen LogP contribution in [0.3, 0.4) is 0 Å². The third-order valence-electron chi connectivity index (χ3n) is 6.82. The standard InChI is InChI=1S/C29H29Cl3N2O10/c1-14(35)39-13-22-24(41-15(2)36)25(42-16(3)37)23(26(43-22)44-27(33)29(30,31)32)34-28(38)40-12-21-19-10-6-4-8-17(19)18-9-5-7-11-20(18)21/h4-11,21-26,33H,12-13H2,1-3H3,(H,34,38)/t22-,23-,24-,25-,26-/m1/s1. The minimum Gasteiger partial charge on any atom is -0.463 e. The summed E-state index contributed by atoms with van der Waals surface area (Å²) in [6.45, 7) is 2.78. The van der Waals surface area contributed by atoms with Gasteiger partial charge in [0.15, 0.2) is 12.2 Å². The van der Waals surface area contributed by atoms with Crippen molar-refractivity contribution in [2.24, 2.45) is 0 Å². The van der Waals surface area contributed by atoms with Crippen molar-refractivity contribution in [1.29, 1.82) is 5.41 Å². The lowest BCUT2D eigenvalue weighted by atomic mass is 9.96. The zero-order valence-electron chi connectivity index (χ0n) is 23.7.